The smallest absolute Gasteiger partial charge is 0.255 e. The molecule has 0 aliphatic carbocycles. The molecule has 3 aromatic rings. The van der Waals surface area contributed by atoms with Crippen molar-refractivity contribution in [2.75, 3.05) is 17.2 Å². The van der Waals surface area contributed by atoms with Gasteiger partial charge in [-0.15, -0.1) is 0 Å². The number of hydrogen-bond donors (Lipinski definition) is 3. The van der Waals surface area contributed by atoms with E-state index in [2.05, 4.69) is 25.3 Å². The first kappa shape index (κ1) is 23.4. The van der Waals surface area contributed by atoms with Crippen molar-refractivity contribution in [2.45, 2.75) is 32.6 Å². The van der Waals surface area contributed by atoms with Crippen LogP contribution < -0.4 is 15.4 Å². The van der Waals surface area contributed by atoms with E-state index in [-0.39, 0.29) is 16.7 Å². The number of aryl methyl sites for hydroxylation is 2. The molecule has 0 bridgehead atoms. The Morgan fingerprint density at radius 2 is 1.59 bits per heavy atom. The number of rotatable bonds is 8. The number of aromatic nitrogens is 2. The van der Waals surface area contributed by atoms with Gasteiger partial charge in [-0.2, -0.15) is 0 Å². The van der Waals surface area contributed by atoms with Crippen molar-refractivity contribution in [1.29, 1.82) is 0 Å². The number of nitrogens with zero attached hydrogens (tertiary/aromatic N) is 2. The summed E-state index contributed by atoms with van der Waals surface area (Å²) in [5.74, 6) is 0.349. The topological polar surface area (TPSA) is 113 Å². The Morgan fingerprint density at radius 1 is 0.938 bits per heavy atom. The SMILES string of the molecule is Cc1cc(C)nc(Nc2cccc(C(=O)Nc3ccc(S(=O)(=O)NCC(C)C)cc3)c2)n1. The number of anilines is 3. The van der Waals surface area contributed by atoms with Crippen LogP contribution in [0.4, 0.5) is 17.3 Å². The van der Waals surface area contributed by atoms with Gasteiger partial charge in [-0.1, -0.05) is 19.9 Å². The Hall–Kier alpha value is -3.30. The maximum absolute atomic E-state index is 12.7. The van der Waals surface area contributed by atoms with Gasteiger partial charge in [0.15, 0.2) is 0 Å². The van der Waals surface area contributed by atoms with Crippen LogP contribution in [0.25, 0.3) is 0 Å². The zero-order valence-corrected chi connectivity index (χ0v) is 19.3. The fourth-order valence-corrected chi connectivity index (χ4v) is 4.14. The maximum atomic E-state index is 12.7. The van der Waals surface area contributed by atoms with E-state index in [0.717, 1.165) is 11.4 Å². The lowest BCUT2D eigenvalue weighted by atomic mass is 10.2. The first-order valence-electron chi connectivity index (χ1n) is 10.2. The number of carbonyl (C=O) groups is 1. The van der Waals surface area contributed by atoms with E-state index < -0.39 is 10.0 Å². The molecule has 1 heterocycles. The quantitative estimate of drug-likeness (QED) is 0.475. The van der Waals surface area contributed by atoms with Crippen molar-refractivity contribution in [3.8, 4) is 0 Å². The predicted molar refractivity (Wildman–Crippen MR) is 126 cm³/mol. The summed E-state index contributed by atoms with van der Waals surface area (Å²) in [6.07, 6.45) is 0. The molecule has 0 unspecified atom stereocenters. The first-order valence-corrected chi connectivity index (χ1v) is 11.7. The first-order chi connectivity index (χ1) is 15.1. The molecule has 0 saturated carbocycles. The fourth-order valence-electron chi connectivity index (χ4n) is 2.93. The number of sulfonamides is 1. The molecule has 0 spiro atoms. The molecular weight excluding hydrogens is 426 g/mol. The average molecular weight is 454 g/mol. The van der Waals surface area contributed by atoms with E-state index >= 15 is 0 Å². The van der Waals surface area contributed by atoms with Crippen molar-refractivity contribution in [3.63, 3.8) is 0 Å². The number of hydrogen-bond acceptors (Lipinski definition) is 6. The van der Waals surface area contributed by atoms with Crippen LogP contribution in [-0.4, -0.2) is 30.8 Å². The molecule has 0 radical (unpaired) electrons. The third kappa shape index (κ3) is 6.35. The summed E-state index contributed by atoms with van der Waals surface area (Å²) in [7, 11) is -3.58. The summed E-state index contributed by atoms with van der Waals surface area (Å²) in [6.45, 7) is 8.00. The second-order valence-corrected chi connectivity index (χ2v) is 9.67. The highest BCUT2D eigenvalue weighted by Crippen LogP contribution is 2.18. The summed E-state index contributed by atoms with van der Waals surface area (Å²) in [6, 6.07) is 14.9. The average Bonchev–Trinajstić information content (AvgIpc) is 2.72. The molecule has 0 fully saturated rings. The normalized spacial score (nSPS) is 11.4. The minimum absolute atomic E-state index is 0.149. The van der Waals surface area contributed by atoms with E-state index in [4.69, 9.17) is 0 Å². The van der Waals surface area contributed by atoms with Gasteiger partial charge in [0.05, 0.1) is 4.90 Å². The molecule has 1 amide bonds. The molecule has 0 atom stereocenters. The summed E-state index contributed by atoms with van der Waals surface area (Å²) < 4.78 is 27.2. The summed E-state index contributed by atoms with van der Waals surface area (Å²) >= 11 is 0. The predicted octanol–water partition coefficient (Wildman–Crippen LogP) is 4.02. The highest BCUT2D eigenvalue weighted by Gasteiger charge is 2.14. The zero-order valence-electron chi connectivity index (χ0n) is 18.5. The number of carbonyl (C=O) groups excluding carboxylic acids is 1. The molecule has 168 valence electrons. The number of amides is 1. The van der Waals surface area contributed by atoms with Crippen LogP contribution in [0.1, 0.15) is 35.6 Å². The van der Waals surface area contributed by atoms with Crippen molar-refractivity contribution in [3.05, 3.63) is 71.5 Å². The number of nitrogens with one attached hydrogen (secondary N) is 3. The van der Waals surface area contributed by atoms with Gasteiger partial charge in [0, 0.05) is 34.9 Å². The van der Waals surface area contributed by atoms with Gasteiger partial charge < -0.3 is 10.6 Å². The molecule has 9 heteroatoms. The van der Waals surface area contributed by atoms with Crippen LogP contribution in [0.15, 0.2) is 59.5 Å². The molecule has 8 nitrogen and oxygen atoms in total. The zero-order chi connectivity index (χ0) is 23.3. The van der Waals surface area contributed by atoms with E-state index in [9.17, 15) is 13.2 Å². The third-order valence-corrected chi connectivity index (χ3v) is 5.91. The summed E-state index contributed by atoms with van der Waals surface area (Å²) in [4.78, 5) is 21.5. The molecule has 32 heavy (non-hydrogen) atoms. The van der Waals surface area contributed by atoms with E-state index in [1.807, 2.05) is 39.8 Å². The minimum atomic E-state index is -3.58. The Morgan fingerprint density at radius 3 is 2.22 bits per heavy atom. The standard InChI is InChI=1S/C23H27N5O3S/c1-15(2)14-24-32(30,31)21-10-8-19(9-11-21)27-22(29)18-6-5-7-20(13-18)28-23-25-16(3)12-17(4)26-23/h5-13,15,24H,14H2,1-4H3,(H,27,29)(H,25,26,28). The second-order valence-electron chi connectivity index (χ2n) is 7.90. The summed E-state index contributed by atoms with van der Waals surface area (Å²) in [5, 5.41) is 5.90. The maximum Gasteiger partial charge on any atom is 0.255 e. The van der Waals surface area contributed by atoms with Crippen molar-refractivity contribution in [2.24, 2.45) is 5.92 Å². The summed E-state index contributed by atoms with van der Waals surface area (Å²) in [5.41, 5.74) is 3.31. The Balaban J connectivity index is 1.69. The van der Waals surface area contributed by atoms with Gasteiger partial charge in [0.25, 0.3) is 5.91 Å². The lowest BCUT2D eigenvalue weighted by Gasteiger charge is -2.11. The van der Waals surface area contributed by atoms with Crippen LogP contribution in [0.3, 0.4) is 0 Å². The Labute approximate surface area is 188 Å². The van der Waals surface area contributed by atoms with E-state index in [0.29, 0.717) is 29.4 Å². The molecule has 3 rings (SSSR count). The molecule has 0 saturated heterocycles. The molecule has 0 aliphatic rings. The third-order valence-electron chi connectivity index (χ3n) is 4.47. The monoisotopic (exact) mass is 453 g/mol. The van der Waals surface area contributed by atoms with Crippen LogP contribution in [0.5, 0.6) is 0 Å². The van der Waals surface area contributed by atoms with Crippen molar-refractivity contribution >= 4 is 33.3 Å². The fraction of sp³-hybridized carbons (Fsp3) is 0.261. The number of benzene rings is 2. The lowest BCUT2D eigenvalue weighted by Crippen LogP contribution is -2.27. The molecule has 1 aromatic heterocycles. The Kier molecular flexibility index (Phi) is 7.22. The highest BCUT2D eigenvalue weighted by molar-refractivity contribution is 7.89. The van der Waals surface area contributed by atoms with E-state index in [1.54, 1.807) is 30.3 Å². The molecule has 2 aromatic carbocycles. The molecule has 0 aliphatic heterocycles. The van der Waals surface area contributed by atoms with Gasteiger partial charge >= 0.3 is 0 Å². The van der Waals surface area contributed by atoms with Gasteiger partial charge in [-0.3, -0.25) is 4.79 Å². The van der Waals surface area contributed by atoms with Gasteiger partial charge in [0.1, 0.15) is 0 Å². The second kappa shape index (κ2) is 9.88. The van der Waals surface area contributed by atoms with Crippen LogP contribution in [-0.2, 0) is 10.0 Å². The highest BCUT2D eigenvalue weighted by atomic mass is 32.2. The van der Waals surface area contributed by atoms with Crippen LogP contribution in [0.2, 0.25) is 0 Å². The van der Waals surface area contributed by atoms with Gasteiger partial charge in [0.2, 0.25) is 16.0 Å². The Bertz CT molecular complexity index is 1190. The van der Waals surface area contributed by atoms with Gasteiger partial charge in [-0.25, -0.2) is 23.1 Å². The molecular formula is C23H27N5O3S. The van der Waals surface area contributed by atoms with Gasteiger partial charge in [-0.05, 0) is 68.3 Å². The largest absolute Gasteiger partial charge is 0.324 e. The van der Waals surface area contributed by atoms with Crippen molar-refractivity contribution < 1.29 is 13.2 Å². The molecule has 3 N–H and O–H groups in total. The minimum Gasteiger partial charge on any atom is -0.324 e. The van der Waals surface area contributed by atoms with Crippen LogP contribution >= 0.6 is 0 Å². The lowest BCUT2D eigenvalue weighted by molar-refractivity contribution is 0.102. The van der Waals surface area contributed by atoms with Crippen molar-refractivity contribution in [1.82, 2.24) is 14.7 Å². The van der Waals surface area contributed by atoms with E-state index in [1.165, 1.54) is 12.1 Å². The van der Waals surface area contributed by atoms with Crippen LogP contribution in [0, 0.1) is 19.8 Å².